The molecule has 1 N–H and O–H groups in total. The van der Waals surface area contributed by atoms with E-state index in [1.165, 1.54) is 0 Å². The van der Waals surface area contributed by atoms with Crippen molar-refractivity contribution in [3.63, 3.8) is 0 Å². The lowest BCUT2D eigenvalue weighted by Gasteiger charge is -2.14. The first-order valence-corrected chi connectivity index (χ1v) is 6.96. The van der Waals surface area contributed by atoms with Gasteiger partial charge in [0.1, 0.15) is 5.75 Å². The number of hydrogen-bond acceptors (Lipinski definition) is 4. The number of benzene rings is 1. The highest BCUT2D eigenvalue weighted by molar-refractivity contribution is 5.51. The maximum Gasteiger partial charge on any atom is 0.231 e. The van der Waals surface area contributed by atoms with Crippen LogP contribution >= 0.6 is 0 Å². The molecule has 0 spiro atoms. The van der Waals surface area contributed by atoms with Crippen LogP contribution in [0.4, 0.5) is 0 Å². The van der Waals surface area contributed by atoms with Crippen molar-refractivity contribution in [2.75, 3.05) is 19.9 Å². The van der Waals surface area contributed by atoms with Gasteiger partial charge in [-0.2, -0.15) is 0 Å². The summed E-state index contributed by atoms with van der Waals surface area (Å²) in [6, 6.07) is 3.95. The van der Waals surface area contributed by atoms with Crippen LogP contribution in [-0.2, 0) is 6.54 Å². The molecule has 0 amide bonds. The molecule has 1 aliphatic rings. The first kappa shape index (κ1) is 14.0. The molecule has 2 rings (SSSR count). The lowest BCUT2D eigenvalue weighted by molar-refractivity contribution is 0.173. The Balaban J connectivity index is 2.12. The molecule has 0 bridgehead atoms. The Hall–Kier alpha value is -1.42. The fourth-order valence-electron chi connectivity index (χ4n) is 1.89. The van der Waals surface area contributed by atoms with Crippen LogP contribution in [0.1, 0.15) is 32.8 Å². The van der Waals surface area contributed by atoms with Crippen molar-refractivity contribution in [1.29, 1.82) is 0 Å². The van der Waals surface area contributed by atoms with Gasteiger partial charge >= 0.3 is 0 Å². The second kappa shape index (κ2) is 6.66. The smallest absolute Gasteiger partial charge is 0.231 e. The molecule has 0 aliphatic carbocycles. The van der Waals surface area contributed by atoms with Crippen LogP contribution in [0.3, 0.4) is 0 Å². The first-order valence-electron chi connectivity index (χ1n) is 6.96. The van der Waals surface area contributed by atoms with E-state index in [9.17, 15) is 0 Å². The first-order chi connectivity index (χ1) is 9.20. The molecule has 0 atom stereocenters. The van der Waals surface area contributed by atoms with Crippen LogP contribution in [-0.4, -0.2) is 19.9 Å². The van der Waals surface area contributed by atoms with Crippen molar-refractivity contribution >= 4 is 0 Å². The summed E-state index contributed by atoms with van der Waals surface area (Å²) in [6.07, 6.45) is 1.12. The summed E-state index contributed by atoms with van der Waals surface area (Å²) in [6.45, 7) is 9.23. The molecule has 19 heavy (non-hydrogen) atoms. The Morgan fingerprint density at radius 2 is 2.00 bits per heavy atom. The van der Waals surface area contributed by atoms with E-state index in [-0.39, 0.29) is 0 Å². The van der Waals surface area contributed by atoms with Crippen LogP contribution in [0.5, 0.6) is 17.2 Å². The van der Waals surface area contributed by atoms with Crippen molar-refractivity contribution in [2.24, 2.45) is 5.92 Å². The van der Waals surface area contributed by atoms with Gasteiger partial charge in [0.2, 0.25) is 6.79 Å². The van der Waals surface area contributed by atoms with E-state index in [4.69, 9.17) is 14.2 Å². The predicted molar refractivity (Wildman–Crippen MR) is 74.9 cm³/mol. The third-order valence-electron chi connectivity index (χ3n) is 2.87. The summed E-state index contributed by atoms with van der Waals surface area (Å²) in [5.41, 5.74) is 1.12. The van der Waals surface area contributed by atoms with Crippen LogP contribution in [0.25, 0.3) is 0 Å². The SMILES string of the molecule is CCCNCc1cc2c(cc1OCC(C)C)OCO2. The van der Waals surface area contributed by atoms with E-state index in [1.807, 2.05) is 12.1 Å². The fraction of sp³-hybridized carbons (Fsp3) is 0.600. The average Bonchev–Trinajstić information content (AvgIpc) is 2.83. The molecule has 1 aromatic rings. The molecule has 0 radical (unpaired) electrons. The maximum atomic E-state index is 5.88. The quantitative estimate of drug-likeness (QED) is 0.769. The number of hydrogen-bond donors (Lipinski definition) is 1. The molecular formula is C15H23NO3. The highest BCUT2D eigenvalue weighted by atomic mass is 16.7. The maximum absolute atomic E-state index is 5.88. The van der Waals surface area contributed by atoms with Gasteiger partial charge in [0.25, 0.3) is 0 Å². The molecule has 0 fully saturated rings. The van der Waals surface area contributed by atoms with Crippen molar-refractivity contribution in [3.05, 3.63) is 17.7 Å². The molecule has 1 aliphatic heterocycles. The summed E-state index contributed by atoms with van der Waals surface area (Å²) >= 11 is 0. The largest absolute Gasteiger partial charge is 0.493 e. The van der Waals surface area contributed by atoms with Crippen LogP contribution < -0.4 is 19.5 Å². The minimum absolute atomic E-state index is 0.296. The summed E-state index contributed by atoms with van der Waals surface area (Å²) in [4.78, 5) is 0. The van der Waals surface area contributed by atoms with Gasteiger partial charge in [0.05, 0.1) is 6.61 Å². The lowest BCUT2D eigenvalue weighted by Crippen LogP contribution is -2.15. The molecular weight excluding hydrogens is 242 g/mol. The monoisotopic (exact) mass is 265 g/mol. The van der Waals surface area contributed by atoms with E-state index < -0.39 is 0 Å². The summed E-state index contributed by atoms with van der Waals surface area (Å²) in [5, 5.41) is 3.39. The van der Waals surface area contributed by atoms with Gasteiger partial charge in [-0.25, -0.2) is 0 Å². The highest BCUT2D eigenvalue weighted by Gasteiger charge is 2.18. The molecule has 4 heteroatoms. The zero-order valence-corrected chi connectivity index (χ0v) is 12.0. The highest BCUT2D eigenvalue weighted by Crippen LogP contribution is 2.38. The van der Waals surface area contributed by atoms with Gasteiger partial charge < -0.3 is 19.5 Å². The lowest BCUT2D eigenvalue weighted by atomic mass is 10.1. The van der Waals surface area contributed by atoms with Crippen molar-refractivity contribution in [1.82, 2.24) is 5.32 Å². The second-order valence-corrected chi connectivity index (χ2v) is 5.19. The van der Waals surface area contributed by atoms with Crippen LogP contribution in [0.15, 0.2) is 12.1 Å². The van der Waals surface area contributed by atoms with Gasteiger partial charge in [-0.15, -0.1) is 0 Å². The molecule has 0 saturated carbocycles. The third kappa shape index (κ3) is 3.77. The topological polar surface area (TPSA) is 39.7 Å². The van der Waals surface area contributed by atoms with Gasteiger partial charge in [-0.05, 0) is 24.9 Å². The Bertz CT molecular complexity index is 418. The van der Waals surface area contributed by atoms with Crippen molar-refractivity contribution in [2.45, 2.75) is 33.7 Å². The van der Waals surface area contributed by atoms with Crippen molar-refractivity contribution in [3.8, 4) is 17.2 Å². The molecule has 0 saturated heterocycles. The Morgan fingerprint density at radius 3 is 2.68 bits per heavy atom. The molecule has 0 aromatic heterocycles. The normalized spacial score (nSPS) is 13.1. The van der Waals surface area contributed by atoms with Gasteiger partial charge in [-0.1, -0.05) is 20.8 Å². The zero-order chi connectivity index (χ0) is 13.7. The Kier molecular flexibility index (Phi) is 4.91. The average molecular weight is 265 g/mol. The second-order valence-electron chi connectivity index (χ2n) is 5.19. The molecule has 1 aromatic carbocycles. The van der Waals surface area contributed by atoms with Crippen LogP contribution in [0.2, 0.25) is 0 Å². The van der Waals surface area contributed by atoms with Gasteiger partial charge in [0.15, 0.2) is 11.5 Å². The number of rotatable bonds is 7. The van der Waals surface area contributed by atoms with E-state index in [1.54, 1.807) is 0 Å². The summed E-state index contributed by atoms with van der Waals surface area (Å²) in [7, 11) is 0. The molecule has 106 valence electrons. The van der Waals surface area contributed by atoms with E-state index in [0.29, 0.717) is 19.3 Å². The molecule has 1 heterocycles. The summed E-state index contributed by atoms with van der Waals surface area (Å²) < 4.78 is 16.7. The molecule has 0 unspecified atom stereocenters. The number of nitrogens with one attached hydrogen (secondary N) is 1. The van der Waals surface area contributed by atoms with E-state index in [2.05, 4.69) is 26.1 Å². The minimum atomic E-state index is 0.296. The Morgan fingerprint density at radius 1 is 1.26 bits per heavy atom. The van der Waals surface area contributed by atoms with Crippen molar-refractivity contribution < 1.29 is 14.2 Å². The Labute approximate surface area is 115 Å². The predicted octanol–water partition coefficient (Wildman–Crippen LogP) is 2.95. The summed E-state index contributed by atoms with van der Waals surface area (Å²) in [5.74, 6) is 2.98. The van der Waals surface area contributed by atoms with Crippen LogP contribution in [0, 0.1) is 5.92 Å². The van der Waals surface area contributed by atoms with Gasteiger partial charge in [-0.3, -0.25) is 0 Å². The van der Waals surface area contributed by atoms with Gasteiger partial charge in [0, 0.05) is 18.2 Å². The minimum Gasteiger partial charge on any atom is -0.493 e. The molecule has 4 nitrogen and oxygen atoms in total. The van der Waals surface area contributed by atoms with E-state index in [0.717, 1.165) is 42.3 Å². The zero-order valence-electron chi connectivity index (χ0n) is 12.0. The third-order valence-corrected chi connectivity index (χ3v) is 2.87. The standard InChI is InChI=1S/C15H23NO3/c1-4-5-16-8-12-6-14-15(19-10-18-14)7-13(12)17-9-11(2)3/h6-7,11,16H,4-5,8-10H2,1-3H3. The van der Waals surface area contributed by atoms with E-state index >= 15 is 0 Å². The number of ether oxygens (including phenoxy) is 3. The fourth-order valence-corrected chi connectivity index (χ4v) is 1.89. The number of fused-ring (bicyclic) bond motifs is 1.